The fourth-order valence-electron chi connectivity index (χ4n) is 2.64. The summed E-state index contributed by atoms with van der Waals surface area (Å²) in [5.41, 5.74) is 1.50. The number of para-hydroxylation sites is 1. The Morgan fingerprint density at radius 1 is 1.15 bits per heavy atom. The first-order valence-corrected chi connectivity index (χ1v) is 10.1. The van der Waals surface area contributed by atoms with Crippen molar-refractivity contribution in [1.29, 1.82) is 0 Å². The van der Waals surface area contributed by atoms with Crippen molar-refractivity contribution in [2.24, 2.45) is 0 Å². The fraction of sp³-hybridized carbons (Fsp3) is 0.200. The van der Waals surface area contributed by atoms with E-state index in [-0.39, 0.29) is 5.91 Å². The van der Waals surface area contributed by atoms with Crippen LogP contribution in [0.25, 0.3) is 6.08 Å². The molecular formula is C20H18ClNO3S2. The number of hydrogen-bond acceptors (Lipinski definition) is 5. The van der Waals surface area contributed by atoms with E-state index in [1.807, 2.05) is 50.2 Å². The summed E-state index contributed by atoms with van der Waals surface area (Å²) in [7, 11) is 0. The average molecular weight is 420 g/mol. The molecule has 0 aliphatic carbocycles. The van der Waals surface area contributed by atoms with E-state index < -0.39 is 0 Å². The van der Waals surface area contributed by atoms with Gasteiger partial charge in [-0.1, -0.05) is 53.8 Å². The van der Waals surface area contributed by atoms with Gasteiger partial charge < -0.3 is 9.47 Å². The molecule has 2 aromatic rings. The Kier molecular flexibility index (Phi) is 6.42. The van der Waals surface area contributed by atoms with Crippen molar-refractivity contribution in [3.8, 4) is 11.5 Å². The summed E-state index contributed by atoms with van der Waals surface area (Å²) in [6.45, 7) is 4.74. The van der Waals surface area contributed by atoms with E-state index in [1.54, 1.807) is 12.1 Å². The predicted octanol–water partition coefficient (Wildman–Crippen LogP) is 5.54. The Morgan fingerprint density at radius 2 is 1.85 bits per heavy atom. The number of thioether (sulfide) groups is 1. The van der Waals surface area contributed by atoms with Gasteiger partial charge in [0.05, 0.1) is 28.8 Å². The van der Waals surface area contributed by atoms with Crippen molar-refractivity contribution in [1.82, 2.24) is 0 Å². The highest BCUT2D eigenvalue weighted by atomic mass is 35.5. The van der Waals surface area contributed by atoms with Gasteiger partial charge in [0, 0.05) is 0 Å². The zero-order chi connectivity index (χ0) is 19.4. The number of thiocarbonyl (C=S) groups is 1. The summed E-state index contributed by atoms with van der Waals surface area (Å²) in [5, 5.41) is 0.438. The van der Waals surface area contributed by atoms with Crippen LogP contribution >= 0.6 is 35.6 Å². The number of anilines is 1. The van der Waals surface area contributed by atoms with Gasteiger partial charge in [0.1, 0.15) is 0 Å². The number of hydrogen-bond donors (Lipinski definition) is 0. The number of halogens is 1. The number of nitrogens with zero attached hydrogens (tertiary/aromatic N) is 1. The Hall–Kier alpha value is -2.02. The third-order valence-corrected chi connectivity index (χ3v) is 5.31. The molecule has 0 aromatic heterocycles. The minimum atomic E-state index is -0.154. The minimum Gasteiger partial charge on any atom is -0.490 e. The van der Waals surface area contributed by atoms with Crippen LogP contribution in [-0.2, 0) is 4.79 Å². The molecule has 7 heteroatoms. The largest absolute Gasteiger partial charge is 0.490 e. The molecule has 4 nitrogen and oxygen atoms in total. The molecule has 1 aliphatic heterocycles. The van der Waals surface area contributed by atoms with Crippen LogP contribution in [0.4, 0.5) is 5.69 Å². The first-order chi connectivity index (χ1) is 13.0. The van der Waals surface area contributed by atoms with Crippen LogP contribution in [0, 0.1) is 0 Å². The van der Waals surface area contributed by atoms with Crippen molar-refractivity contribution in [2.75, 3.05) is 18.1 Å². The van der Waals surface area contributed by atoms with Gasteiger partial charge in [0.25, 0.3) is 5.91 Å². The Labute approximate surface area is 173 Å². The van der Waals surface area contributed by atoms with E-state index in [9.17, 15) is 4.79 Å². The van der Waals surface area contributed by atoms with Crippen LogP contribution in [-0.4, -0.2) is 23.4 Å². The maximum absolute atomic E-state index is 12.8. The van der Waals surface area contributed by atoms with Crippen molar-refractivity contribution in [3.63, 3.8) is 0 Å². The molecule has 1 aliphatic rings. The lowest BCUT2D eigenvalue weighted by molar-refractivity contribution is -0.113. The molecule has 0 saturated carbocycles. The average Bonchev–Trinajstić information content (AvgIpc) is 2.92. The highest BCUT2D eigenvalue weighted by molar-refractivity contribution is 8.27. The predicted molar refractivity (Wildman–Crippen MR) is 116 cm³/mol. The highest BCUT2D eigenvalue weighted by Crippen LogP contribution is 2.40. The lowest BCUT2D eigenvalue weighted by Crippen LogP contribution is -2.27. The molecule has 2 aromatic carbocycles. The third-order valence-electron chi connectivity index (χ3n) is 3.73. The molecule has 0 atom stereocenters. The van der Waals surface area contributed by atoms with Gasteiger partial charge in [0.15, 0.2) is 15.8 Å². The van der Waals surface area contributed by atoms with Gasteiger partial charge in [-0.3, -0.25) is 9.69 Å². The summed E-state index contributed by atoms with van der Waals surface area (Å²) in [5.74, 6) is 0.908. The maximum Gasteiger partial charge on any atom is 0.270 e. The number of carbonyl (C=O) groups is 1. The lowest BCUT2D eigenvalue weighted by atomic mass is 10.1. The summed E-state index contributed by atoms with van der Waals surface area (Å²) < 4.78 is 11.7. The highest BCUT2D eigenvalue weighted by Gasteiger charge is 2.33. The molecule has 1 saturated heterocycles. The standard InChI is InChI=1S/C20H18ClNO3S2/c1-3-24-16-11-13(10-15(21)18(16)25-4-2)12-17-19(23)22(20(26)27-17)14-8-6-5-7-9-14/h5-12H,3-4H2,1-2H3/b17-12+. The van der Waals surface area contributed by atoms with E-state index in [0.717, 1.165) is 11.3 Å². The summed E-state index contributed by atoms with van der Waals surface area (Å²) >= 11 is 13.0. The van der Waals surface area contributed by atoms with Crippen molar-refractivity contribution >= 4 is 57.6 Å². The molecular weight excluding hydrogens is 402 g/mol. The first-order valence-electron chi connectivity index (χ1n) is 8.47. The molecule has 3 rings (SSSR count). The van der Waals surface area contributed by atoms with Crippen molar-refractivity contribution in [2.45, 2.75) is 13.8 Å². The summed E-state index contributed by atoms with van der Waals surface area (Å²) in [6, 6.07) is 12.9. The van der Waals surface area contributed by atoms with E-state index in [2.05, 4.69) is 0 Å². The smallest absolute Gasteiger partial charge is 0.270 e. The van der Waals surface area contributed by atoms with Gasteiger partial charge >= 0.3 is 0 Å². The second kappa shape index (κ2) is 8.78. The zero-order valence-electron chi connectivity index (χ0n) is 14.9. The Bertz CT molecular complexity index is 900. The molecule has 1 amide bonds. The number of ether oxygens (including phenoxy) is 2. The molecule has 0 bridgehead atoms. The molecule has 1 fully saturated rings. The van der Waals surface area contributed by atoms with Crippen LogP contribution in [0.3, 0.4) is 0 Å². The molecule has 1 heterocycles. The quantitative estimate of drug-likeness (QED) is 0.453. The first kappa shape index (κ1) is 19.7. The summed E-state index contributed by atoms with van der Waals surface area (Å²) in [4.78, 5) is 14.9. The summed E-state index contributed by atoms with van der Waals surface area (Å²) in [6.07, 6.45) is 1.77. The van der Waals surface area contributed by atoms with E-state index in [4.69, 9.17) is 33.3 Å². The lowest BCUT2D eigenvalue weighted by Gasteiger charge is -2.14. The second-order valence-electron chi connectivity index (χ2n) is 5.55. The number of carbonyl (C=O) groups excluding carboxylic acids is 1. The van der Waals surface area contributed by atoms with E-state index in [0.29, 0.717) is 39.0 Å². The van der Waals surface area contributed by atoms with Gasteiger partial charge in [-0.15, -0.1) is 0 Å². The number of amides is 1. The molecule has 0 radical (unpaired) electrons. The maximum atomic E-state index is 12.8. The van der Waals surface area contributed by atoms with Crippen LogP contribution < -0.4 is 14.4 Å². The van der Waals surface area contributed by atoms with Gasteiger partial charge in [-0.2, -0.15) is 0 Å². The minimum absolute atomic E-state index is 0.154. The molecule has 0 unspecified atom stereocenters. The monoisotopic (exact) mass is 419 g/mol. The number of rotatable bonds is 6. The molecule has 0 N–H and O–H groups in total. The number of benzene rings is 2. The van der Waals surface area contributed by atoms with E-state index in [1.165, 1.54) is 16.7 Å². The fourth-order valence-corrected chi connectivity index (χ4v) is 4.21. The second-order valence-corrected chi connectivity index (χ2v) is 7.63. The van der Waals surface area contributed by atoms with Crippen LogP contribution in [0.5, 0.6) is 11.5 Å². The SMILES string of the molecule is CCOc1cc(/C=C2/SC(=S)N(c3ccccc3)C2=O)cc(Cl)c1OCC. The van der Waals surface area contributed by atoms with Crippen molar-refractivity contribution < 1.29 is 14.3 Å². The molecule has 0 spiro atoms. The molecule has 27 heavy (non-hydrogen) atoms. The van der Waals surface area contributed by atoms with E-state index >= 15 is 0 Å². The van der Waals surface area contributed by atoms with Gasteiger partial charge in [-0.25, -0.2) is 0 Å². The van der Waals surface area contributed by atoms with Crippen LogP contribution in [0.2, 0.25) is 5.02 Å². The van der Waals surface area contributed by atoms with Crippen molar-refractivity contribution in [3.05, 3.63) is 58.0 Å². The normalized spacial score (nSPS) is 15.5. The van der Waals surface area contributed by atoms with Gasteiger partial charge in [-0.05, 0) is 49.8 Å². The Morgan fingerprint density at radius 3 is 2.52 bits per heavy atom. The third kappa shape index (κ3) is 4.29. The van der Waals surface area contributed by atoms with Gasteiger partial charge in [0.2, 0.25) is 0 Å². The molecule has 140 valence electrons. The topological polar surface area (TPSA) is 38.8 Å². The van der Waals surface area contributed by atoms with Crippen LogP contribution in [0.15, 0.2) is 47.4 Å². The Balaban J connectivity index is 1.95. The van der Waals surface area contributed by atoms with Crippen LogP contribution in [0.1, 0.15) is 19.4 Å². The zero-order valence-corrected chi connectivity index (χ0v) is 17.3.